The number of likely N-dealkylation sites (tertiary alicyclic amines) is 1. The van der Waals surface area contributed by atoms with Gasteiger partial charge in [-0.1, -0.05) is 6.07 Å². The molecule has 0 atom stereocenters. The Hall–Kier alpha value is -3.10. The largest absolute Gasteiger partial charge is 0.416 e. The number of hydrogen-bond acceptors (Lipinski definition) is 4. The fraction of sp³-hybridized carbons (Fsp3) is 0.381. The van der Waals surface area contributed by atoms with E-state index in [0.717, 1.165) is 17.7 Å². The zero-order chi connectivity index (χ0) is 21.7. The van der Waals surface area contributed by atoms with Crippen molar-refractivity contribution in [1.29, 1.82) is 0 Å². The number of halogens is 3. The molecule has 0 saturated carbocycles. The van der Waals surface area contributed by atoms with E-state index >= 15 is 0 Å². The molecule has 1 aliphatic rings. The van der Waals surface area contributed by atoms with Crippen molar-refractivity contribution >= 4 is 23.3 Å². The van der Waals surface area contributed by atoms with Crippen molar-refractivity contribution in [3.05, 3.63) is 53.7 Å². The van der Waals surface area contributed by atoms with E-state index in [1.807, 2.05) is 13.0 Å². The molecule has 9 heteroatoms. The number of nitrogens with zero attached hydrogens (tertiary/aromatic N) is 2. The first-order chi connectivity index (χ1) is 14.2. The molecule has 0 aliphatic carbocycles. The lowest BCUT2D eigenvalue weighted by Crippen LogP contribution is -2.43. The van der Waals surface area contributed by atoms with Crippen molar-refractivity contribution in [2.24, 2.45) is 5.92 Å². The Morgan fingerprint density at radius 2 is 1.90 bits per heavy atom. The number of alkyl halides is 3. The van der Waals surface area contributed by atoms with Crippen molar-refractivity contribution < 1.29 is 22.8 Å². The van der Waals surface area contributed by atoms with Gasteiger partial charge in [0.1, 0.15) is 5.82 Å². The van der Waals surface area contributed by atoms with Gasteiger partial charge in [0.2, 0.25) is 11.8 Å². The van der Waals surface area contributed by atoms with Crippen LogP contribution in [0.25, 0.3) is 0 Å². The second kappa shape index (κ2) is 9.15. The molecule has 2 N–H and O–H groups in total. The highest BCUT2D eigenvalue weighted by Crippen LogP contribution is 2.30. The number of anilines is 2. The normalized spacial score (nSPS) is 15.0. The summed E-state index contributed by atoms with van der Waals surface area (Å²) in [5.41, 5.74) is 0.460. The highest BCUT2D eigenvalue weighted by atomic mass is 19.4. The number of aromatic nitrogens is 1. The third-order valence-corrected chi connectivity index (χ3v) is 5.02. The number of benzene rings is 1. The van der Waals surface area contributed by atoms with Gasteiger partial charge in [-0.15, -0.1) is 0 Å². The molecule has 1 aromatic heterocycles. The lowest BCUT2D eigenvalue weighted by molar-refractivity contribution is -0.137. The number of pyridine rings is 1. The van der Waals surface area contributed by atoms with Crippen molar-refractivity contribution in [3.8, 4) is 0 Å². The van der Waals surface area contributed by atoms with E-state index in [1.165, 1.54) is 12.1 Å². The molecule has 2 aromatic rings. The summed E-state index contributed by atoms with van der Waals surface area (Å²) in [5, 5.41) is 5.55. The lowest BCUT2D eigenvalue weighted by Gasteiger charge is -2.31. The molecule has 2 amide bonds. The second-order valence-electron chi connectivity index (χ2n) is 7.29. The highest BCUT2D eigenvalue weighted by molar-refractivity contribution is 5.92. The molecule has 1 aromatic carbocycles. The van der Waals surface area contributed by atoms with E-state index < -0.39 is 11.7 Å². The van der Waals surface area contributed by atoms with Gasteiger partial charge < -0.3 is 15.5 Å². The smallest absolute Gasteiger partial charge is 0.376 e. The van der Waals surface area contributed by atoms with Gasteiger partial charge in [-0.05, 0) is 55.7 Å². The maximum Gasteiger partial charge on any atom is 0.416 e. The minimum Gasteiger partial charge on any atom is -0.376 e. The van der Waals surface area contributed by atoms with Crippen LogP contribution in [0.4, 0.5) is 24.7 Å². The molecular weight excluding hydrogens is 397 g/mol. The van der Waals surface area contributed by atoms with Crippen LogP contribution in [0.5, 0.6) is 0 Å². The summed E-state index contributed by atoms with van der Waals surface area (Å²) in [6.07, 6.45) is -1.76. The molecule has 160 valence electrons. The number of hydrogen-bond donors (Lipinski definition) is 2. The molecule has 1 saturated heterocycles. The highest BCUT2D eigenvalue weighted by Gasteiger charge is 2.31. The number of piperidine rings is 1. The maximum atomic E-state index is 12.8. The SMILES string of the molecule is Cc1ccnc(NC(=O)C2CCN(C(=O)CNc3cccc(C(F)(F)F)c3)CC2)c1. The first-order valence-electron chi connectivity index (χ1n) is 9.65. The molecule has 30 heavy (non-hydrogen) atoms. The van der Waals surface area contributed by atoms with Crippen LogP contribution >= 0.6 is 0 Å². The van der Waals surface area contributed by atoms with Gasteiger partial charge in [-0.25, -0.2) is 4.98 Å². The first-order valence-corrected chi connectivity index (χ1v) is 9.65. The number of amides is 2. The molecule has 6 nitrogen and oxygen atoms in total. The predicted octanol–water partition coefficient (Wildman–Crippen LogP) is 3.70. The van der Waals surface area contributed by atoms with E-state index in [4.69, 9.17) is 0 Å². The van der Waals surface area contributed by atoms with Crippen LogP contribution in [0.2, 0.25) is 0 Å². The van der Waals surface area contributed by atoms with E-state index in [0.29, 0.717) is 31.7 Å². The summed E-state index contributed by atoms with van der Waals surface area (Å²) < 4.78 is 38.3. The van der Waals surface area contributed by atoms with Gasteiger partial charge in [0, 0.05) is 30.9 Å². The predicted molar refractivity (Wildman–Crippen MR) is 107 cm³/mol. The molecule has 0 unspecified atom stereocenters. The van der Waals surface area contributed by atoms with Crippen LogP contribution in [-0.2, 0) is 15.8 Å². The molecule has 1 fully saturated rings. The average Bonchev–Trinajstić information content (AvgIpc) is 2.72. The standard InChI is InChI=1S/C21H23F3N4O2/c1-14-5-8-25-18(11-14)27-20(30)15-6-9-28(10-7-15)19(29)13-26-17-4-2-3-16(12-17)21(22,23)24/h2-5,8,11-12,15,26H,6-7,9-10,13H2,1H3,(H,25,27,30). The molecule has 2 heterocycles. The summed E-state index contributed by atoms with van der Waals surface area (Å²) in [6, 6.07) is 8.36. The van der Waals surface area contributed by atoms with Crippen molar-refractivity contribution in [1.82, 2.24) is 9.88 Å². The van der Waals surface area contributed by atoms with Crippen LogP contribution in [-0.4, -0.2) is 41.3 Å². The van der Waals surface area contributed by atoms with E-state index in [1.54, 1.807) is 17.2 Å². The maximum absolute atomic E-state index is 12.8. The molecule has 1 aliphatic heterocycles. The fourth-order valence-electron chi connectivity index (χ4n) is 3.32. The van der Waals surface area contributed by atoms with Crippen molar-refractivity contribution in [3.63, 3.8) is 0 Å². The van der Waals surface area contributed by atoms with E-state index in [9.17, 15) is 22.8 Å². The molecular formula is C21H23F3N4O2. The third kappa shape index (κ3) is 5.71. The van der Waals surface area contributed by atoms with Crippen LogP contribution < -0.4 is 10.6 Å². The third-order valence-electron chi connectivity index (χ3n) is 5.02. The van der Waals surface area contributed by atoms with Crippen LogP contribution in [0.3, 0.4) is 0 Å². The number of rotatable bonds is 5. The Morgan fingerprint density at radius 1 is 1.17 bits per heavy atom. The van der Waals surface area contributed by atoms with Gasteiger partial charge in [-0.3, -0.25) is 9.59 Å². The first kappa shape index (κ1) is 21.6. The zero-order valence-corrected chi connectivity index (χ0v) is 16.5. The molecule has 3 rings (SSSR count). The quantitative estimate of drug-likeness (QED) is 0.774. The Morgan fingerprint density at radius 3 is 2.57 bits per heavy atom. The number of carbonyl (C=O) groups is 2. The Balaban J connectivity index is 1.47. The summed E-state index contributed by atoms with van der Waals surface area (Å²) in [4.78, 5) is 30.5. The Kier molecular flexibility index (Phi) is 6.59. The summed E-state index contributed by atoms with van der Waals surface area (Å²) in [5.74, 6) is -0.0505. The van der Waals surface area contributed by atoms with Crippen molar-refractivity contribution in [2.75, 3.05) is 30.3 Å². The van der Waals surface area contributed by atoms with Gasteiger partial charge in [-0.2, -0.15) is 13.2 Å². The summed E-state index contributed by atoms with van der Waals surface area (Å²) >= 11 is 0. The number of carbonyl (C=O) groups excluding carboxylic acids is 2. The van der Waals surface area contributed by atoms with E-state index in [2.05, 4.69) is 15.6 Å². The lowest BCUT2D eigenvalue weighted by atomic mass is 9.96. The minimum atomic E-state index is -4.43. The summed E-state index contributed by atoms with van der Waals surface area (Å²) in [6.45, 7) is 2.64. The fourth-order valence-corrected chi connectivity index (χ4v) is 3.32. The zero-order valence-electron chi connectivity index (χ0n) is 16.5. The van der Waals surface area contributed by atoms with Crippen LogP contribution in [0, 0.1) is 12.8 Å². The molecule has 0 spiro atoms. The van der Waals surface area contributed by atoms with Gasteiger partial charge in [0.25, 0.3) is 0 Å². The van der Waals surface area contributed by atoms with Gasteiger partial charge in [0.15, 0.2) is 0 Å². The Bertz CT molecular complexity index is 909. The minimum absolute atomic E-state index is 0.106. The van der Waals surface area contributed by atoms with Gasteiger partial charge in [0.05, 0.1) is 12.1 Å². The molecule has 0 radical (unpaired) electrons. The number of nitrogens with one attached hydrogen (secondary N) is 2. The number of aryl methyl sites for hydroxylation is 1. The van der Waals surface area contributed by atoms with Gasteiger partial charge >= 0.3 is 6.18 Å². The van der Waals surface area contributed by atoms with Crippen molar-refractivity contribution in [2.45, 2.75) is 25.9 Å². The topological polar surface area (TPSA) is 74.3 Å². The van der Waals surface area contributed by atoms with E-state index in [-0.39, 0.29) is 30.0 Å². The Labute approximate surface area is 172 Å². The summed E-state index contributed by atoms with van der Waals surface area (Å²) in [7, 11) is 0. The molecule has 0 bridgehead atoms. The monoisotopic (exact) mass is 420 g/mol. The second-order valence-corrected chi connectivity index (χ2v) is 7.29. The van der Waals surface area contributed by atoms with Crippen LogP contribution in [0.1, 0.15) is 24.0 Å². The average molecular weight is 420 g/mol. The van der Waals surface area contributed by atoms with Crippen LogP contribution in [0.15, 0.2) is 42.6 Å².